The minimum absolute atomic E-state index is 0.0662. The lowest BCUT2D eigenvalue weighted by Gasteiger charge is -2.11. The summed E-state index contributed by atoms with van der Waals surface area (Å²) in [5, 5.41) is 2.89. The van der Waals surface area contributed by atoms with E-state index in [4.69, 9.17) is 0 Å². The quantitative estimate of drug-likeness (QED) is 0.903. The van der Waals surface area contributed by atoms with Crippen LogP contribution >= 0.6 is 0 Å². The number of hydrogen-bond donors (Lipinski definition) is 1. The number of fused-ring (bicyclic) bond motifs is 1. The zero-order valence-corrected chi connectivity index (χ0v) is 12.2. The van der Waals surface area contributed by atoms with Gasteiger partial charge in [0, 0.05) is 12.6 Å². The first-order valence-electron chi connectivity index (χ1n) is 7.05. The van der Waals surface area contributed by atoms with Crippen molar-refractivity contribution in [2.75, 3.05) is 0 Å². The molecule has 2 aromatic rings. The number of nitrogens with one attached hydrogen (secondary N) is 1. The highest BCUT2D eigenvalue weighted by molar-refractivity contribution is 5.81. The van der Waals surface area contributed by atoms with Crippen LogP contribution in [0.15, 0.2) is 29.1 Å². The van der Waals surface area contributed by atoms with E-state index in [1.165, 1.54) is 4.57 Å². The normalized spacial score (nSPS) is 12.6. The summed E-state index contributed by atoms with van der Waals surface area (Å²) < 4.78 is 3.22. The molecule has 1 aromatic carbocycles. The first-order valence-corrected chi connectivity index (χ1v) is 7.05. The fourth-order valence-corrected chi connectivity index (χ4v) is 2.30. The molecule has 0 fully saturated rings. The lowest BCUT2D eigenvalue weighted by Crippen LogP contribution is -2.37. The van der Waals surface area contributed by atoms with Crippen molar-refractivity contribution in [3.8, 4) is 0 Å². The average Bonchev–Trinajstić information content (AvgIpc) is 2.71. The third kappa shape index (κ3) is 2.61. The maximum atomic E-state index is 12.4. The molecule has 0 aliphatic rings. The molecule has 5 nitrogen and oxygen atoms in total. The number of benzene rings is 1. The molecular formula is C15H21N3O2. The summed E-state index contributed by atoms with van der Waals surface area (Å²) in [5.74, 6) is -0.125. The van der Waals surface area contributed by atoms with Crippen molar-refractivity contribution >= 4 is 16.9 Å². The van der Waals surface area contributed by atoms with Gasteiger partial charge < -0.3 is 5.32 Å². The molecule has 1 N–H and O–H groups in total. The van der Waals surface area contributed by atoms with E-state index in [1.54, 1.807) is 4.57 Å². The predicted molar refractivity (Wildman–Crippen MR) is 79.8 cm³/mol. The van der Waals surface area contributed by atoms with Crippen LogP contribution in [-0.2, 0) is 17.9 Å². The van der Waals surface area contributed by atoms with E-state index in [0.717, 1.165) is 17.5 Å². The Balaban J connectivity index is 2.37. The molecule has 1 amide bonds. The van der Waals surface area contributed by atoms with Gasteiger partial charge in [0.1, 0.15) is 6.54 Å². The van der Waals surface area contributed by atoms with Crippen LogP contribution in [0.5, 0.6) is 0 Å². The molecule has 0 saturated carbocycles. The number of carbonyl (C=O) groups excluding carboxylic acids is 1. The van der Waals surface area contributed by atoms with Crippen molar-refractivity contribution in [3.05, 3.63) is 34.7 Å². The van der Waals surface area contributed by atoms with Crippen molar-refractivity contribution in [2.45, 2.75) is 46.3 Å². The largest absolute Gasteiger partial charge is 0.352 e. The van der Waals surface area contributed by atoms with Crippen LogP contribution in [0.4, 0.5) is 0 Å². The van der Waals surface area contributed by atoms with Crippen LogP contribution in [0.25, 0.3) is 11.0 Å². The van der Waals surface area contributed by atoms with E-state index < -0.39 is 0 Å². The number of carbonyl (C=O) groups is 1. The van der Waals surface area contributed by atoms with Gasteiger partial charge in [-0.1, -0.05) is 19.1 Å². The molecule has 2 rings (SSSR count). The van der Waals surface area contributed by atoms with Crippen molar-refractivity contribution in [1.29, 1.82) is 0 Å². The molecule has 0 aliphatic carbocycles. The molecule has 0 unspecified atom stereocenters. The van der Waals surface area contributed by atoms with Crippen LogP contribution in [0.1, 0.15) is 27.2 Å². The van der Waals surface area contributed by atoms with Gasteiger partial charge in [-0.15, -0.1) is 0 Å². The molecule has 0 spiro atoms. The zero-order chi connectivity index (χ0) is 14.7. The number of para-hydroxylation sites is 2. The third-order valence-electron chi connectivity index (χ3n) is 3.56. The Hall–Kier alpha value is -2.04. The highest BCUT2D eigenvalue weighted by Crippen LogP contribution is 2.12. The summed E-state index contributed by atoms with van der Waals surface area (Å²) in [7, 11) is 0. The summed E-state index contributed by atoms with van der Waals surface area (Å²) in [4.78, 5) is 24.4. The van der Waals surface area contributed by atoms with Crippen molar-refractivity contribution < 1.29 is 4.79 Å². The van der Waals surface area contributed by atoms with Crippen LogP contribution < -0.4 is 11.0 Å². The maximum Gasteiger partial charge on any atom is 0.329 e. The number of imidazole rings is 1. The number of hydrogen-bond acceptors (Lipinski definition) is 2. The fraction of sp³-hybridized carbons (Fsp3) is 0.467. The monoisotopic (exact) mass is 275 g/mol. The summed E-state index contributed by atoms with van der Waals surface area (Å²) >= 11 is 0. The van der Waals surface area contributed by atoms with E-state index in [-0.39, 0.29) is 24.2 Å². The highest BCUT2D eigenvalue weighted by Gasteiger charge is 2.14. The van der Waals surface area contributed by atoms with Gasteiger partial charge in [0.2, 0.25) is 5.91 Å². The van der Waals surface area contributed by atoms with Crippen molar-refractivity contribution in [1.82, 2.24) is 14.5 Å². The Labute approximate surface area is 118 Å². The molecule has 0 bridgehead atoms. The van der Waals surface area contributed by atoms with E-state index in [9.17, 15) is 9.59 Å². The van der Waals surface area contributed by atoms with Gasteiger partial charge >= 0.3 is 5.69 Å². The van der Waals surface area contributed by atoms with E-state index in [0.29, 0.717) is 6.54 Å². The number of rotatable bonds is 5. The SMILES string of the molecule is CC[C@H](C)NC(=O)Cn1c(=O)n(CC)c2ccccc21. The minimum Gasteiger partial charge on any atom is -0.352 e. The Morgan fingerprint density at radius 1 is 1.20 bits per heavy atom. The number of amides is 1. The van der Waals surface area contributed by atoms with Crippen LogP contribution in [0.3, 0.4) is 0 Å². The zero-order valence-electron chi connectivity index (χ0n) is 12.2. The Morgan fingerprint density at radius 3 is 2.35 bits per heavy atom. The van der Waals surface area contributed by atoms with Gasteiger partial charge in [0.15, 0.2) is 0 Å². The highest BCUT2D eigenvalue weighted by atomic mass is 16.2. The van der Waals surface area contributed by atoms with Crippen LogP contribution in [0, 0.1) is 0 Å². The molecule has 1 heterocycles. The molecule has 1 aromatic heterocycles. The summed E-state index contributed by atoms with van der Waals surface area (Å²) in [6, 6.07) is 7.68. The second kappa shape index (κ2) is 5.94. The lowest BCUT2D eigenvalue weighted by molar-refractivity contribution is -0.122. The molecule has 5 heteroatoms. The summed E-state index contributed by atoms with van der Waals surface area (Å²) in [5.41, 5.74) is 1.54. The lowest BCUT2D eigenvalue weighted by atomic mass is 10.2. The Kier molecular flexibility index (Phi) is 4.27. The summed E-state index contributed by atoms with van der Waals surface area (Å²) in [6.45, 7) is 6.56. The average molecular weight is 275 g/mol. The van der Waals surface area contributed by atoms with Crippen molar-refractivity contribution in [2.24, 2.45) is 0 Å². The van der Waals surface area contributed by atoms with Crippen molar-refractivity contribution in [3.63, 3.8) is 0 Å². The molecular weight excluding hydrogens is 254 g/mol. The summed E-state index contributed by atoms with van der Waals surface area (Å²) in [6.07, 6.45) is 0.872. The van der Waals surface area contributed by atoms with Crippen LogP contribution in [-0.4, -0.2) is 21.1 Å². The first kappa shape index (κ1) is 14.4. The van der Waals surface area contributed by atoms with Gasteiger partial charge in [-0.2, -0.15) is 0 Å². The second-order valence-electron chi connectivity index (χ2n) is 4.98. The van der Waals surface area contributed by atoms with Gasteiger partial charge in [-0.05, 0) is 32.4 Å². The first-order chi connectivity index (χ1) is 9.58. The van der Waals surface area contributed by atoms with Crippen LogP contribution in [0.2, 0.25) is 0 Å². The number of aryl methyl sites for hydroxylation is 1. The molecule has 0 aliphatic heterocycles. The van der Waals surface area contributed by atoms with Gasteiger partial charge in [0.05, 0.1) is 11.0 Å². The standard InChI is InChI=1S/C15H21N3O2/c1-4-11(3)16-14(19)10-18-13-9-7-6-8-12(13)17(5-2)15(18)20/h6-9,11H,4-5,10H2,1-3H3,(H,16,19)/t11-/m0/s1. The number of aromatic nitrogens is 2. The maximum absolute atomic E-state index is 12.4. The third-order valence-corrected chi connectivity index (χ3v) is 3.56. The molecule has 108 valence electrons. The topological polar surface area (TPSA) is 56.0 Å². The van der Waals surface area contributed by atoms with Gasteiger partial charge in [0.25, 0.3) is 0 Å². The second-order valence-corrected chi connectivity index (χ2v) is 4.98. The fourth-order valence-electron chi connectivity index (χ4n) is 2.30. The minimum atomic E-state index is -0.131. The Bertz CT molecular complexity index is 669. The van der Waals surface area contributed by atoms with E-state index >= 15 is 0 Å². The van der Waals surface area contributed by atoms with Gasteiger partial charge in [-0.25, -0.2) is 4.79 Å². The predicted octanol–water partition coefficient (Wildman–Crippen LogP) is 1.74. The Morgan fingerprint density at radius 2 is 1.80 bits per heavy atom. The van der Waals surface area contributed by atoms with E-state index in [1.807, 2.05) is 45.0 Å². The molecule has 1 atom stereocenters. The molecule has 0 saturated heterocycles. The van der Waals surface area contributed by atoms with E-state index in [2.05, 4.69) is 5.32 Å². The molecule has 20 heavy (non-hydrogen) atoms. The number of nitrogens with zero attached hydrogens (tertiary/aromatic N) is 2. The molecule has 0 radical (unpaired) electrons. The smallest absolute Gasteiger partial charge is 0.329 e. The van der Waals surface area contributed by atoms with Gasteiger partial charge in [-0.3, -0.25) is 13.9 Å².